The molecule has 0 radical (unpaired) electrons. The van der Waals surface area contributed by atoms with Gasteiger partial charge in [0.1, 0.15) is 5.75 Å². The fourth-order valence-electron chi connectivity index (χ4n) is 1.41. The number of nitrogens with one attached hydrogen (secondary N) is 1. The van der Waals surface area contributed by atoms with Gasteiger partial charge in [0.25, 0.3) is 0 Å². The predicted molar refractivity (Wildman–Crippen MR) is 73.6 cm³/mol. The van der Waals surface area contributed by atoms with Crippen molar-refractivity contribution >= 4 is 33.0 Å². The molecule has 0 aliphatic rings. The Bertz CT molecular complexity index is 593. The largest absolute Gasteiger partial charge is 0.325 e. The van der Waals surface area contributed by atoms with Crippen LogP contribution in [0.1, 0.15) is 12.8 Å². The van der Waals surface area contributed by atoms with Crippen molar-refractivity contribution in [3.63, 3.8) is 0 Å². The molecule has 0 unspecified atom stereocenters. The van der Waals surface area contributed by atoms with E-state index in [0.717, 1.165) is 0 Å². The van der Waals surface area contributed by atoms with Crippen LogP contribution in [-0.4, -0.2) is 25.8 Å². The van der Waals surface area contributed by atoms with E-state index in [4.69, 9.17) is 16.9 Å². The van der Waals surface area contributed by atoms with Crippen LogP contribution in [0.15, 0.2) is 24.3 Å². The molecule has 1 aromatic carbocycles. The SMILES string of the molecule is N#CCCCS(=O)(=O)CC(=O)Nc1cccc(Cl)c1. The molecular weight excluding hydrogens is 288 g/mol. The van der Waals surface area contributed by atoms with E-state index in [9.17, 15) is 13.2 Å². The van der Waals surface area contributed by atoms with Gasteiger partial charge in [-0.15, -0.1) is 0 Å². The van der Waals surface area contributed by atoms with Crippen molar-refractivity contribution in [1.29, 1.82) is 5.26 Å². The smallest absolute Gasteiger partial charge is 0.239 e. The molecule has 0 saturated carbocycles. The van der Waals surface area contributed by atoms with E-state index in [1.165, 1.54) is 6.07 Å². The van der Waals surface area contributed by atoms with Gasteiger partial charge in [0.2, 0.25) is 5.91 Å². The molecule has 1 amide bonds. The maximum atomic E-state index is 11.6. The summed E-state index contributed by atoms with van der Waals surface area (Å²) in [6.45, 7) is 0. The third kappa shape index (κ3) is 6.22. The van der Waals surface area contributed by atoms with Crippen LogP contribution in [-0.2, 0) is 14.6 Å². The minimum atomic E-state index is -3.48. The summed E-state index contributed by atoms with van der Waals surface area (Å²) in [6.07, 6.45) is 0.401. The van der Waals surface area contributed by atoms with E-state index in [1.807, 2.05) is 6.07 Å². The number of anilines is 1. The third-order valence-electron chi connectivity index (χ3n) is 2.20. The zero-order valence-corrected chi connectivity index (χ0v) is 11.7. The first-order valence-electron chi connectivity index (χ1n) is 5.56. The lowest BCUT2D eigenvalue weighted by molar-refractivity contribution is -0.113. The van der Waals surface area contributed by atoms with E-state index >= 15 is 0 Å². The highest BCUT2D eigenvalue weighted by Crippen LogP contribution is 2.14. The maximum absolute atomic E-state index is 11.6. The molecule has 1 aromatic rings. The fraction of sp³-hybridized carbons (Fsp3) is 0.333. The van der Waals surface area contributed by atoms with E-state index in [-0.39, 0.29) is 18.6 Å². The maximum Gasteiger partial charge on any atom is 0.239 e. The van der Waals surface area contributed by atoms with E-state index < -0.39 is 21.5 Å². The number of nitrogens with zero attached hydrogens (tertiary/aromatic N) is 1. The Hall–Kier alpha value is -1.58. The Kier molecular flexibility index (Phi) is 5.80. The number of benzene rings is 1. The average molecular weight is 301 g/mol. The molecule has 0 aromatic heterocycles. The van der Waals surface area contributed by atoms with Crippen LogP contribution in [0.2, 0.25) is 5.02 Å². The van der Waals surface area contributed by atoms with Crippen LogP contribution in [0.25, 0.3) is 0 Å². The molecule has 19 heavy (non-hydrogen) atoms. The number of sulfone groups is 1. The van der Waals surface area contributed by atoms with Crippen molar-refractivity contribution in [2.75, 3.05) is 16.8 Å². The average Bonchev–Trinajstić information content (AvgIpc) is 2.27. The molecule has 0 heterocycles. The molecule has 5 nitrogen and oxygen atoms in total. The second-order valence-corrected chi connectivity index (χ2v) is 6.53. The van der Waals surface area contributed by atoms with Crippen LogP contribution in [0.5, 0.6) is 0 Å². The summed E-state index contributed by atoms with van der Waals surface area (Å²) < 4.78 is 23.2. The number of carbonyl (C=O) groups excluding carboxylic acids is 1. The Morgan fingerprint density at radius 1 is 1.42 bits per heavy atom. The Morgan fingerprint density at radius 3 is 2.79 bits per heavy atom. The fourth-order valence-corrected chi connectivity index (χ4v) is 2.80. The minimum absolute atomic E-state index is 0.162. The Morgan fingerprint density at radius 2 is 2.16 bits per heavy atom. The van der Waals surface area contributed by atoms with Gasteiger partial charge >= 0.3 is 0 Å². The van der Waals surface area contributed by atoms with Crippen molar-refractivity contribution in [2.45, 2.75) is 12.8 Å². The van der Waals surface area contributed by atoms with Crippen molar-refractivity contribution < 1.29 is 13.2 Å². The summed E-state index contributed by atoms with van der Waals surface area (Å²) >= 11 is 5.75. The first-order valence-corrected chi connectivity index (χ1v) is 7.76. The molecular formula is C12H13ClN2O3S. The summed E-state index contributed by atoms with van der Waals surface area (Å²) in [5, 5.41) is 11.2. The topological polar surface area (TPSA) is 87.0 Å². The number of hydrogen-bond donors (Lipinski definition) is 1. The number of hydrogen-bond acceptors (Lipinski definition) is 4. The number of amides is 1. The molecule has 0 bridgehead atoms. The molecule has 1 rings (SSSR count). The number of carbonyl (C=O) groups is 1. The van der Waals surface area contributed by atoms with E-state index in [0.29, 0.717) is 10.7 Å². The summed E-state index contributed by atoms with van der Waals surface area (Å²) in [4.78, 5) is 11.6. The van der Waals surface area contributed by atoms with Gasteiger partial charge in [0.05, 0.1) is 11.8 Å². The Balaban J connectivity index is 2.53. The third-order valence-corrected chi connectivity index (χ3v) is 4.05. The van der Waals surface area contributed by atoms with Gasteiger partial charge in [0, 0.05) is 17.1 Å². The Labute approximate surface area is 117 Å². The van der Waals surface area contributed by atoms with Crippen molar-refractivity contribution in [1.82, 2.24) is 0 Å². The molecule has 0 aliphatic heterocycles. The zero-order valence-electron chi connectivity index (χ0n) is 10.1. The van der Waals surface area contributed by atoms with Crippen LogP contribution >= 0.6 is 11.6 Å². The van der Waals surface area contributed by atoms with E-state index in [1.54, 1.807) is 18.2 Å². The second-order valence-electron chi connectivity index (χ2n) is 3.91. The quantitative estimate of drug-likeness (QED) is 0.814. The molecule has 102 valence electrons. The first kappa shape index (κ1) is 15.5. The van der Waals surface area contributed by atoms with Crippen molar-refractivity contribution in [2.24, 2.45) is 0 Å². The summed E-state index contributed by atoms with van der Waals surface area (Å²) in [7, 11) is -3.48. The number of nitriles is 1. The van der Waals surface area contributed by atoms with Crippen molar-refractivity contribution in [3.8, 4) is 6.07 Å². The van der Waals surface area contributed by atoms with Gasteiger partial charge in [-0.1, -0.05) is 17.7 Å². The van der Waals surface area contributed by atoms with Gasteiger partial charge in [0.15, 0.2) is 9.84 Å². The molecule has 0 saturated heterocycles. The van der Waals surface area contributed by atoms with Gasteiger partial charge in [-0.05, 0) is 24.6 Å². The zero-order chi connectivity index (χ0) is 14.3. The van der Waals surface area contributed by atoms with Gasteiger partial charge in [-0.3, -0.25) is 4.79 Å². The molecule has 0 spiro atoms. The second kappa shape index (κ2) is 7.12. The van der Waals surface area contributed by atoms with Crippen LogP contribution in [0.4, 0.5) is 5.69 Å². The number of unbranched alkanes of at least 4 members (excludes halogenated alkanes) is 1. The van der Waals surface area contributed by atoms with Gasteiger partial charge < -0.3 is 5.32 Å². The lowest BCUT2D eigenvalue weighted by Crippen LogP contribution is -2.24. The van der Waals surface area contributed by atoms with Gasteiger partial charge in [-0.2, -0.15) is 5.26 Å². The van der Waals surface area contributed by atoms with Crippen LogP contribution < -0.4 is 5.32 Å². The van der Waals surface area contributed by atoms with Gasteiger partial charge in [-0.25, -0.2) is 8.42 Å². The monoisotopic (exact) mass is 300 g/mol. The summed E-state index contributed by atoms with van der Waals surface area (Å²) in [5.41, 5.74) is 0.449. The lowest BCUT2D eigenvalue weighted by atomic mass is 10.3. The summed E-state index contributed by atoms with van der Waals surface area (Å²) in [5.74, 6) is -1.37. The predicted octanol–water partition coefficient (Wildman–Crippen LogP) is 2.00. The highest BCUT2D eigenvalue weighted by molar-refractivity contribution is 7.92. The number of rotatable bonds is 6. The number of halogens is 1. The molecule has 0 fully saturated rings. The molecule has 1 N–H and O–H groups in total. The minimum Gasteiger partial charge on any atom is -0.325 e. The highest BCUT2D eigenvalue weighted by atomic mass is 35.5. The van der Waals surface area contributed by atoms with Crippen LogP contribution in [0.3, 0.4) is 0 Å². The standard InChI is InChI=1S/C12H13ClN2O3S/c13-10-4-3-5-11(8-10)15-12(16)9-19(17,18)7-2-1-6-14/h3-5,8H,1-2,7,9H2,(H,15,16). The summed E-state index contributed by atoms with van der Waals surface area (Å²) in [6, 6.07) is 8.31. The molecule has 0 atom stereocenters. The van der Waals surface area contributed by atoms with Crippen molar-refractivity contribution in [3.05, 3.63) is 29.3 Å². The van der Waals surface area contributed by atoms with Crippen LogP contribution in [0, 0.1) is 11.3 Å². The molecule has 7 heteroatoms. The molecule has 0 aliphatic carbocycles. The normalized spacial score (nSPS) is 10.7. The first-order chi connectivity index (χ1) is 8.93. The highest BCUT2D eigenvalue weighted by Gasteiger charge is 2.16. The lowest BCUT2D eigenvalue weighted by Gasteiger charge is -2.06. The van der Waals surface area contributed by atoms with E-state index in [2.05, 4.69) is 5.32 Å².